The lowest BCUT2D eigenvalue weighted by Gasteiger charge is -1.94. The van der Waals surface area contributed by atoms with Crippen LogP contribution < -0.4 is 5.73 Å². The maximum Gasteiger partial charge on any atom is 0.141 e. The van der Waals surface area contributed by atoms with Gasteiger partial charge in [0.05, 0.1) is 17.2 Å². The van der Waals surface area contributed by atoms with Gasteiger partial charge in [-0.15, -0.1) is 0 Å². The molecule has 0 saturated heterocycles. The van der Waals surface area contributed by atoms with Crippen LogP contribution in [0.25, 0.3) is 16.6 Å². The molecule has 2 heterocycles. The highest BCUT2D eigenvalue weighted by atomic mass is 14.9. The first-order valence-electron chi connectivity index (χ1n) is 4.44. The summed E-state index contributed by atoms with van der Waals surface area (Å²) < 4.78 is 0. The number of nitrogen functional groups attached to an aromatic ring is 1. The van der Waals surface area contributed by atoms with Crippen LogP contribution in [-0.2, 0) is 0 Å². The highest BCUT2D eigenvalue weighted by Crippen LogP contribution is 2.15. The monoisotopic (exact) mass is 201 g/mol. The molecule has 0 atom stereocenters. The van der Waals surface area contributed by atoms with E-state index >= 15 is 0 Å². The van der Waals surface area contributed by atoms with E-state index in [2.05, 4.69) is 21.5 Å². The molecule has 0 aliphatic rings. The molecule has 0 fully saturated rings. The van der Waals surface area contributed by atoms with Gasteiger partial charge in [0.2, 0.25) is 0 Å². The van der Waals surface area contributed by atoms with Crippen LogP contribution in [0.15, 0.2) is 18.8 Å². The van der Waals surface area contributed by atoms with Gasteiger partial charge in [0, 0.05) is 0 Å². The van der Waals surface area contributed by atoms with Crippen molar-refractivity contribution < 1.29 is 0 Å². The average Bonchev–Trinajstić information content (AvgIpc) is 2.59. The van der Waals surface area contributed by atoms with E-state index in [1.54, 1.807) is 12.3 Å². The lowest BCUT2D eigenvalue weighted by Crippen LogP contribution is -2.12. The van der Waals surface area contributed by atoms with Crippen molar-refractivity contribution in [3.8, 4) is 0 Å². The summed E-state index contributed by atoms with van der Waals surface area (Å²) in [4.78, 5) is 11.4. The lowest BCUT2D eigenvalue weighted by molar-refractivity contribution is 1.25. The summed E-state index contributed by atoms with van der Waals surface area (Å²) in [5, 5.41) is 7.26. The highest BCUT2D eigenvalue weighted by Gasteiger charge is 2.06. The van der Waals surface area contributed by atoms with Gasteiger partial charge in [-0.05, 0) is 18.6 Å². The number of hydrogen-bond donors (Lipinski definition) is 3. The third-order valence-electron chi connectivity index (χ3n) is 2.05. The number of aromatic amines is 1. The molecule has 2 rings (SSSR count). The molecule has 2 aromatic rings. The number of nitrogens with two attached hydrogens (primary N) is 1. The molecule has 0 aromatic carbocycles. The van der Waals surface area contributed by atoms with Crippen molar-refractivity contribution in [2.45, 2.75) is 6.92 Å². The molecular weight excluding hydrogens is 190 g/mol. The van der Waals surface area contributed by atoms with Crippen molar-refractivity contribution in [3.05, 3.63) is 30.4 Å². The van der Waals surface area contributed by atoms with E-state index in [1.165, 1.54) is 0 Å². The van der Waals surface area contributed by atoms with Gasteiger partial charge in [-0.25, -0.2) is 4.98 Å². The molecule has 5 nitrogen and oxygen atoms in total. The molecule has 4 N–H and O–H groups in total. The fourth-order valence-corrected chi connectivity index (χ4v) is 1.26. The van der Waals surface area contributed by atoms with Gasteiger partial charge in [0.1, 0.15) is 17.4 Å². The first-order valence-corrected chi connectivity index (χ1v) is 4.44. The van der Waals surface area contributed by atoms with Gasteiger partial charge >= 0.3 is 0 Å². The molecule has 0 unspecified atom stereocenters. The molecular formula is C10H11N5. The summed E-state index contributed by atoms with van der Waals surface area (Å²) in [6.07, 6.45) is 1.62. The molecule has 0 bridgehead atoms. The zero-order valence-electron chi connectivity index (χ0n) is 8.33. The largest absolute Gasteiger partial charge is 0.382 e. The summed E-state index contributed by atoms with van der Waals surface area (Å²) in [6.45, 7) is 5.67. The molecule has 15 heavy (non-hydrogen) atoms. The number of pyridine rings is 1. The molecule has 0 radical (unpaired) electrons. The van der Waals surface area contributed by atoms with E-state index in [1.807, 2.05) is 6.92 Å². The van der Waals surface area contributed by atoms with Gasteiger partial charge in [-0.3, -0.25) is 10.4 Å². The summed E-state index contributed by atoms with van der Waals surface area (Å²) in [5.41, 5.74) is 8.19. The first kappa shape index (κ1) is 9.39. The number of nitrogens with one attached hydrogen (secondary N) is 2. The number of imidazole rings is 1. The Morgan fingerprint density at radius 1 is 1.60 bits per heavy atom. The molecule has 0 saturated carbocycles. The lowest BCUT2D eigenvalue weighted by atomic mass is 10.3. The number of amidine groups is 1. The molecule has 5 heteroatoms. The van der Waals surface area contributed by atoms with Crippen LogP contribution in [0.4, 0.5) is 0 Å². The van der Waals surface area contributed by atoms with Crippen LogP contribution in [-0.4, -0.2) is 20.8 Å². The Balaban J connectivity index is 2.62. The van der Waals surface area contributed by atoms with Gasteiger partial charge in [-0.2, -0.15) is 0 Å². The second kappa shape index (κ2) is 3.20. The zero-order valence-corrected chi connectivity index (χ0v) is 8.33. The maximum absolute atomic E-state index is 7.26. The minimum Gasteiger partial charge on any atom is -0.382 e. The molecule has 0 aliphatic carbocycles. The fraction of sp³-hybridized carbons (Fsp3) is 0.100. The smallest absolute Gasteiger partial charge is 0.141 e. The Kier molecular flexibility index (Phi) is 2.00. The maximum atomic E-state index is 7.26. The van der Waals surface area contributed by atoms with E-state index in [9.17, 15) is 0 Å². The topological polar surface area (TPSA) is 91.4 Å². The summed E-state index contributed by atoms with van der Waals surface area (Å²) >= 11 is 0. The molecule has 2 aromatic heterocycles. The molecule has 0 spiro atoms. The average molecular weight is 201 g/mol. The minimum atomic E-state index is -0.0585. The standard InChI is InChI=1S/C10H11N5/c1-5(2)10-14-6-3-7(9(11)12)13-4-8(6)15-10/h3-4H,1H2,2H3,(H3,11,12)(H,14,15). The molecule has 76 valence electrons. The molecule has 0 aliphatic heterocycles. The van der Waals surface area contributed by atoms with Crippen molar-refractivity contribution >= 4 is 22.4 Å². The summed E-state index contributed by atoms with van der Waals surface area (Å²) in [6, 6.07) is 1.68. The van der Waals surface area contributed by atoms with Gasteiger partial charge in [0.25, 0.3) is 0 Å². The number of allylic oxidation sites excluding steroid dienone is 1. The van der Waals surface area contributed by atoms with Crippen LogP contribution in [0, 0.1) is 5.41 Å². The van der Waals surface area contributed by atoms with Crippen molar-refractivity contribution in [1.29, 1.82) is 5.41 Å². The van der Waals surface area contributed by atoms with E-state index in [-0.39, 0.29) is 5.84 Å². The second-order valence-electron chi connectivity index (χ2n) is 3.37. The predicted octanol–water partition coefficient (Wildman–Crippen LogP) is 1.28. The fourth-order valence-electron chi connectivity index (χ4n) is 1.26. The van der Waals surface area contributed by atoms with Gasteiger partial charge < -0.3 is 10.7 Å². The Morgan fingerprint density at radius 2 is 2.33 bits per heavy atom. The summed E-state index contributed by atoms with van der Waals surface area (Å²) in [7, 11) is 0. The quantitative estimate of drug-likeness (QED) is 0.504. The number of hydrogen-bond acceptors (Lipinski definition) is 3. The number of rotatable bonds is 2. The molecule has 0 amide bonds. The van der Waals surface area contributed by atoms with Crippen molar-refractivity contribution in [3.63, 3.8) is 0 Å². The Hall–Kier alpha value is -2.17. The SMILES string of the molecule is C=C(C)c1nc2cc(C(=N)N)ncc2[nH]1. The Labute approximate surface area is 86.6 Å². The van der Waals surface area contributed by atoms with Crippen molar-refractivity contribution in [2.75, 3.05) is 0 Å². The number of aromatic nitrogens is 3. The highest BCUT2D eigenvalue weighted by molar-refractivity contribution is 5.95. The van der Waals surface area contributed by atoms with Crippen LogP contribution in [0.2, 0.25) is 0 Å². The van der Waals surface area contributed by atoms with Crippen molar-refractivity contribution in [1.82, 2.24) is 15.0 Å². The third-order valence-corrected chi connectivity index (χ3v) is 2.05. The van der Waals surface area contributed by atoms with E-state index in [0.29, 0.717) is 5.69 Å². The number of H-pyrrole nitrogens is 1. The van der Waals surface area contributed by atoms with Crippen LogP contribution in [0.5, 0.6) is 0 Å². The third kappa shape index (κ3) is 1.59. The second-order valence-corrected chi connectivity index (χ2v) is 3.37. The van der Waals surface area contributed by atoms with E-state index < -0.39 is 0 Å². The van der Waals surface area contributed by atoms with Crippen LogP contribution in [0.1, 0.15) is 18.4 Å². The van der Waals surface area contributed by atoms with Crippen LogP contribution >= 0.6 is 0 Å². The normalized spacial score (nSPS) is 10.5. The number of nitrogens with zero attached hydrogens (tertiary/aromatic N) is 2. The van der Waals surface area contributed by atoms with E-state index in [0.717, 1.165) is 22.4 Å². The summed E-state index contributed by atoms with van der Waals surface area (Å²) in [5.74, 6) is 0.671. The zero-order chi connectivity index (χ0) is 11.0. The number of fused-ring (bicyclic) bond motifs is 1. The first-order chi connectivity index (χ1) is 7.08. The Morgan fingerprint density at radius 3 is 2.93 bits per heavy atom. The minimum absolute atomic E-state index is 0.0585. The van der Waals surface area contributed by atoms with Crippen molar-refractivity contribution in [2.24, 2.45) is 5.73 Å². The van der Waals surface area contributed by atoms with Crippen LogP contribution in [0.3, 0.4) is 0 Å². The van der Waals surface area contributed by atoms with E-state index in [4.69, 9.17) is 11.1 Å². The Bertz CT molecular complexity index is 540. The predicted molar refractivity (Wildman–Crippen MR) is 59.6 cm³/mol. The van der Waals surface area contributed by atoms with Gasteiger partial charge in [0.15, 0.2) is 0 Å². The van der Waals surface area contributed by atoms with Gasteiger partial charge in [-0.1, -0.05) is 6.58 Å².